The smallest absolute Gasteiger partial charge is 0.279 e. The van der Waals surface area contributed by atoms with Crippen molar-refractivity contribution in [1.29, 1.82) is 0 Å². The van der Waals surface area contributed by atoms with Gasteiger partial charge in [-0.05, 0) is 30.5 Å². The largest absolute Gasteiger partial charge is 0.378 e. The Morgan fingerprint density at radius 2 is 1.91 bits per heavy atom. The van der Waals surface area contributed by atoms with Gasteiger partial charge in [0.1, 0.15) is 0 Å². The van der Waals surface area contributed by atoms with Crippen molar-refractivity contribution in [3.8, 4) is 0 Å². The molecule has 4 nitrogen and oxygen atoms in total. The van der Waals surface area contributed by atoms with E-state index >= 15 is 0 Å². The first-order valence-corrected chi connectivity index (χ1v) is 8.46. The molecule has 0 saturated carbocycles. The van der Waals surface area contributed by atoms with Gasteiger partial charge >= 0.3 is 0 Å². The third-order valence-electron chi connectivity index (χ3n) is 3.80. The van der Waals surface area contributed by atoms with Gasteiger partial charge in [-0.3, -0.25) is 4.79 Å². The fraction of sp³-hybridized carbons (Fsp3) is 0.444. The van der Waals surface area contributed by atoms with Crippen LogP contribution >= 0.6 is 11.3 Å². The van der Waals surface area contributed by atoms with Crippen molar-refractivity contribution in [3.63, 3.8) is 0 Å². The molecule has 0 aliphatic heterocycles. The highest BCUT2D eigenvalue weighted by Gasteiger charge is 2.21. The molecule has 1 aromatic carbocycles. The van der Waals surface area contributed by atoms with Gasteiger partial charge in [0.15, 0.2) is 4.80 Å². The van der Waals surface area contributed by atoms with Crippen molar-refractivity contribution < 1.29 is 4.79 Å². The molecule has 2 aromatic rings. The van der Waals surface area contributed by atoms with Crippen LogP contribution in [0.15, 0.2) is 29.3 Å². The Morgan fingerprint density at radius 3 is 2.43 bits per heavy atom. The van der Waals surface area contributed by atoms with E-state index in [0.29, 0.717) is 5.56 Å². The van der Waals surface area contributed by atoms with Crippen molar-refractivity contribution in [1.82, 2.24) is 4.57 Å². The van der Waals surface area contributed by atoms with Crippen LogP contribution in [-0.2, 0) is 12.5 Å². The summed E-state index contributed by atoms with van der Waals surface area (Å²) in [7, 11) is 5.88. The van der Waals surface area contributed by atoms with Crippen LogP contribution in [0.2, 0.25) is 0 Å². The van der Waals surface area contributed by atoms with Crippen LogP contribution in [0.25, 0.3) is 0 Å². The van der Waals surface area contributed by atoms with E-state index in [4.69, 9.17) is 0 Å². The molecule has 0 N–H and O–H groups in total. The van der Waals surface area contributed by atoms with Gasteiger partial charge in [0.05, 0.1) is 0 Å². The zero-order valence-electron chi connectivity index (χ0n) is 15.0. The quantitative estimate of drug-likeness (QED) is 0.844. The molecule has 0 radical (unpaired) electrons. The van der Waals surface area contributed by atoms with E-state index in [1.807, 2.05) is 54.9 Å². The fourth-order valence-electron chi connectivity index (χ4n) is 2.39. The van der Waals surface area contributed by atoms with E-state index in [0.717, 1.165) is 16.2 Å². The molecule has 0 unspecified atom stereocenters. The monoisotopic (exact) mass is 331 g/mol. The Hall–Kier alpha value is -1.88. The number of nitrogens with zero attached hydrogens (tertiary/aromatic N) is 3. The summed E-state index contributed by atoms with van der Waals surface area (Å²) in [5.41, 5.74) is 2.82. The lowest BCUT2D eigenvalue weighted by Gasteiger charge is -2.17. The van der Waals surface area contributed by atoms with Crippen LogP contribution in [0.4, 0.5) is 5.69 Å². The second kappa shape index (κ2) is 6.32. The van der Waals surface area contributed by atoms with Gasteiger partial charge < -0.3 is 9.47 Å². The van der Waals surface area contributed by atoms with Crippen LogP contribution < -0.4 is 9.70 Å². The lowest BCUT2D eigenvalue weighted by molar-refractivity contribution is 0.0998. The van der Waals surface area contributed by atoms with E-state index in [-0.39, 0.29) is 11.3 Å². The SMILES string of the molecule is Cc1c(C(C)(C)C)sc(=NC(=O)c2cccc(N(C)C)c2)n1C. The summed E-state index contributed by atoms with van der Waals surface area (Å²) in [6, 6.07) is 7.54. The highest BCUT2D eigenvalue weighted by Crippen LogP contribution is 2.27. The molecule has 23 heavy (non-hydrogen) atoms. The lowest BCUT2D eigenvalue weighted by atomic mass is 9.93. The van der Waals surface area contributed by atoms with Crippen molar-refractivity contribution in [2.75, 3.05) is 19.0 Å². The van der Waals surface area contributed by atoms with Crippen molar-refractivity contribution in [2.24, 2.45) is 12.0 Å². The lowest BCUT2D eigenvalue weighted by Crippen LogP contribution is -2.15. The van der Waals surface area contributed by atoms with Crippen LogP contribution in [0, 0.1) is 6.92 Å². The molecule has 0 bridgehead atoms. The average Bonchev–Trinajstić information content (AvgIpc) is 2.75. The number of aromatic nitrogens is 1. The van der Waals surface area contributed by atoms with Gasteiger partial charge in [0.25, 0.3) is 5.91 Å². The van der Waals surface area contributed by atoms with E-state index in [1.54, 1.807) is 11.3 Å². The van der Waals surface area contributed by atoms with E-state index < -0.39 is 0 Å². The number of hydrogen-bond donors (Lipinski definition) is 0. The molecule has 5 heteroatoms. The summed E-state index contributed by atoms with van der Waals surface area (Å²) in [5, 5.41) is 0. The van der Waals surface area contributed by atoms with Crippen LogP contribution in [0.5, 0.6) is 0 Å². The third kappa shape index (κ3) is 3.72. The van der Waals surface area contributed by atoms with E-state index in [1.165, 1.54) is 4.88 Å². The molecule has 0 spiro atoms. The summed E-state index contributed by atoms with van der Waals surface area (Å²) >= 11 is 1.59. The third-order valence-corrected chi connectivity index (χ3v) is 5.46. The molecule has 124 valence electrons. The summed E-state index contributed by atoms with van der Waals surface area (Å²) in [4.78, 5) is 20.8. The maximum Gasteiger partial charge on any atom is 0.279 e. The summed E-state index contributed by atoms with van der Waals surface area (Å²) in [5.74, 6) is -0.203. The number of anilines is 1. The van der Waals surface area contributed by atoms with Gasteiger partial charge in [-0.25, -0.2) is 0 Å². The van der Waals surface area contributed by atoms with Crippen LogP contribution in [-0.4, -0.2) is 24.6 Å². The number of hydrogen-bond acceptors (Lipinski definition) is 3. The van der Waals surface area contributed by atoms with E-state index in [2.05, 4.69) is 32.7 Å². The fourth-order valence-corrected chi connectivity index (χ4v) is 3.57. The zero-order chi connectivity index (χ0) is 17.4. The predicted octanol–water partition coefficient (Wildman–Crippen LogP) is 3.50. The Morgan fingerprint density at radius 1 is 1.26 bits per heavy atom. The average molecular weight is 331 g/mol. The first kappa shape index (κ1) is 17.5. The number of benzene rings is 1. The highest BCUT2D eigenvalue weighted by molar-refractivity contribution is 7.09. The van der Waals surface area contributed by atoms with Gasteiger partial charge in [-0.1, -0.05) is 26.8 Å². The number of rotatable bonds is 2. The Kier molecular flexibility index (Phi) is 4.80. The molecular formula is C18H25N3OS. The van der Waals surface area contributed by atoms with Crippen LogP contribution in [0.1, 0.15) is 41.7 Å². The van der Waals surface area contributed by atoms with Crippen molar-refractivity contribution >= 4 is 22.9 Å². The normalized spacial score (nSPS) is 12.6. The van der Waals surface area contributed by atoms with Crippen molar-refractivity contribution in [2.45, 2.75) is 33.1 Å². The maximum absolute atomic E-state index is 12.5. The van der Waals surface area contributed by atoms with Gasteiger partial charge in [-0.2, -0.15) is 4.99 Å². The molecule has 0 saturated heterocycles. The molecular weight excluding hydrogens is 306 g/mol. The standard InChI is InChI=1S/C18H25N3OS/c1-12-15(18(2,3)4)23-17(21(12)7)19-16(22)13-9-8-10-14(11-13)20(5)6/h8-11H,1-7H3. The number of amides is 1. The molecule has 0 aliphatic carbocycles. The molecule has 1 aromatic heterocycles. The zero-order valence-corrected chi connectivity index (χ0v) is 15.8. The topological polar surface area (TPSA) is 37.6 Å². The molecule has 1 heterocycles. The number of carbonyl (C=O) groups is 1. The first-order chi connectivity index (χ1) is 10.6. The second-order valence-electron chi connectivity index (χ2n) is 6.97. The second-order valence-corrected chi connectivity index (χ2v) is 7.95. The predicted molar refractivity (Wildman–Crippen MR) is 97.4 cm³/mol. The van der Waals surface area contributed by atoms with E-state index in [9.17, 15) is 4.79 Å². The molecule has 0 atom stereocenters. The Bertz CT molecular complexity index is 791. The van der Waals surface area contributed by atoms with Crippen LogP contribution in [0.3, 0.4) is 0 Å². The minimum Gasteiger partial charge on any atom is -0.378 e. The minimum absolute atomic E-state index is 0.0498. The molecule has 1 amide bonds. The minimum atomic E-state index is -0.203. The summed E-state index contributed by atoms with van der Waals surface area (Å²) in [6.07, 6.45) is 0. The number of carbonyl (C=O) groups excluding carboxylic acids is 1. The molecule has 0 aliphatic rings. The number of thiazole rings is 1. The highest BCUT2D eigenvalue weighted by atomic mass is 32.1. The maximum atomic E-state index is 12.5. The van der Waals surface area contributed by atoms with Gasteiger partial charge in [0.2, 0.25) is 0 Å². The molecule has 0 fully saturated rings. The first-order valence-electron chi connectivity index (χ1n) is 7.64. The Labute approximate surface area is 142 Å². The van der Waals surface area contributed by atoms with Gasteiger partial charge in [-0.15, -0.1) is 11.3 Å². The van der Waals surface area contributed by atoms with Crippen molar-refractivity contribution in [3.05, 3.63) is 45.2 Å². The summed E-state index contributed by atoms with van der Waals surface area (Å²) in [6.45, 7) is 8.61. The summed E-state index contributed by atoms with van der Waals surface area (Å²) < 4.78 is 2.00. The van der Waals surface area contributed by atoms with Gasteiger partial charge in [0, 0.05) is 43.0 Å². The Balaban J connectivity index is 2.47. The molecule has 2 rings (SSSR count).